The molecule has 12 heavy (non-hydrogen) atoms. The first-order valence-electron chi connectivity index (χ1n) is 3.54. The van der Waals surface area contributed by atoms with E-state index < -0.39 is 6.04 Å². The molecule has 1 aromatic carbocycles. The van der Waals surface area contributed by atoms with E-state index in [4.69, 9.17) is 15.9 Å². The first kappa shape index (κ1) is 8.83. The molecule has 0 spiro atoms. The third kappa shape index (κ3) is 1.49. The zero-order chi connectivity index (χ0) is 9.14. The van der Waals surface area contributed by atoms with Crippen molar-refractivity contribution in [2.75, 3.05) is 6.61 Å². The van der Waals surface area contributed by atoms with Crippen molar-refractivity contribution in [2.24, 2.45) is 5.73 Å². The Bertz CT molecular complexity index is 275. The van der Waals surface area contributed by atoms with Crippen LogP contribution in [-0.2, 0) is 0 Å². The van der Waals surface area contributed by atoms with E-state index in [9.17, 15) is 5.11 Å². The van der Waals surface area contributed by atoms with Gasteiger partial charge in [-0.1, -0.05) is 12.1 Å². The minimum absolute atomic E-state index is 0.226. The highest BCUT2D eigenvalue weighted by molar-refractivity contribution is 5.45. The molecule has 4 heteroatoms. The molecule has 66 valence electrons. The van der Waals surface area contributed by atoms with Crippen LogP contribution in [0.25, 0.3) is 0 Å². The number of aliphatic hydroxyl groups is 1. The Morgan fingerprint density at radius 3 is 2.58 bits per heavy atom. The molecule has 1 aromatic rings. The Hall–Kier alpha value is -1.26. The average Bonchev–Trinajstić information content (AvgIpc) is 2.08. The quantitative estimate of drug-likeness (QED) is 0.472. The second kappa shape index (κ2) is 3.42. The highest BCUT2D eigenvalue weighted by Crippen LogP contribution is 2.31. The highest BCUT2D eigenvalue weighted by Gasteiger charge is 2.11. The summed E-state index contributed by atoms with van der Waals surface area (Å²) in [6.45, 7) is -0.267. The Labute approximate surface area is 69.9 Å². The second-order valence-electron chi connectivity index (χ2n) is 2.50. The molecule has 0 aliphatic heterocycles. The van der Waals surface area contributed by atoms with Crippen molar-refractivity contribution in [3.05, 3.63) is 23.8 Å². The summed E-state index contributed by atoms with van der Waals surface area (Å²) in [7, 11) is 0. The zero-order valence-corrected chi connectivity index (χ0v) is 6.44. The monoisotopic (exact) mass is 169 g/mol. The molecule has 0 unspecified atom stereocenters. The number of aliphatic hydroxyl groups excluding tert-OH is 1. The highest BCUT2D eigenvalue weighted by atomic mass is 16.3. The predicted octanol–water partition coefficient (Wildman–Crippen LogP) is 0.0899. The van der Waals surface area contributed by atoms with Gasteiger partial charge >= 0.3 is 0 Å². The van der Waals surface area contributed by atoms with Crippen LogP contribution in [0, 0.1) is 0 Å². The fraction of sp³-hybridized carbons (Fsp3) is 0.250. The molecule has 5 N–H and O–H groups in total. The zero-order valence-electron chi connectivity index (χ0n) is 6.44. The summed E-state index contributed by atoms with van der Waals surface area (Å²) < 4.78 is 0. The Morgan fingerprint density at radius 1 is 1.33 bits per heavy atom. The van der Waals surface area contributed by atoms with E-state index in [0.717, 1.165) is 0 Å². The minimum Gasteiger partial charge on any atom is -0.504 e. The van der Waals surface area contributed by atoms with Crippen molar-refractivity contribution in [3.8, 4) is 11.5 Å². The van der Waals surface area contributed by atoms with Gasteiger partial charge in [-0.15, -0.1) is 0 Å². The van der Waals surface area contributed by atoms with Gasteiger partial charge in [-0.3, -0.25) is 0 Å². The van der Waals surface area contributed by atoms with E-state index in [0.29, 0.717) is 5.56 Å². The molecular formula is C8H11NO3. The van der Waals surface area contributed by atoms with Crippen molar-refractivity contribution in [2.45, 2.75) is 6.04 Å². The van der Waals surface area contributed by atoms with Crippen LogP contribution in [0.5, 0.6) is 11.5 Å². The number of para-hydroxylation sites is 1. The smallest absolute Gasteiger partial charge is 0.162 e. The summed E-state index contributed by atoms with van der Waals surface area (Å²) >= 11 is 0. The van der Waals surface area contributed by atoms with Gasteiger partial charge in [-0.25, -0.2) is 0 Å². The molecular weight excluding hydrogens is 158 g/mol. The van der Waals surface area contributed by atoms with E-state index in [1.807, 2.05) is 0 Å². The fourth-order valence-corrected chi connectivity index (χ4v) is 0.946. The average molecular weight is 169 g/mol. The number of rotatable bonds is 2. The first-order valence-corrected chi connectivity index (χ1v) is 3.54. The van der Waals surface area contributed by atoms with Crippen LogP contribution in [0.2, 0.25) is 0 Å². The van der Waals surface area contributed by atoms with Crippen molar-refractivity contribution >= 4 is 0 Å². The number of phenolic OH excluding ortho intramolecular Hbond substituents is 2. The van der Waals surface area contributed by atoms with Gasteiger partial charge in [0.05, 0.1) is 12.6 Å². The van der Waals surface area contributed by atoms with Gasteiger partial charge < -0.3 is 21.1 Å². The molecule has 0 saturated heterocycles. The predicted molar refractivity (Wildman–Crippen MR) is 43.8 cm³/mol. The van der Waals surface area contributed by atoms with Gasteiger partial charge in [0.15, 0.2) is 11.5 Å². The lowest BCUT2D eigenvalue weighted by atomic mass is 10.1. The van der Waals surface area contributed by atoms with Crippen LogP contribution in [-0.4, -0.2) is 21.9 Å². The number of hydrogen-bond acceptors (Lipinski definition) is 4. The fourth-order valence-electron chi connectivity index (χ4n) is 0.946. The summed E-state index contributed by atoms with van der Waals surface area (Å²) in [5.74, 6) is -0.490. The van der Waals surface area contributed by atoms with Gasteiger partial charge in [0, 0.05) is 5.56 Å². The lowest BCUT2D eigenvalue weighted by Gasteiger charge is -2.10. The van der Waals surface area contributed by atoms with E-state index in [-0.39, 0.29) is 18.1 Å². The van der Waals surface area contributed by atoms with Crippen LogP contribution in [0.1, 0.15) is 11.6 Å². The standard InChI is InChI=1S/C8H11NO3/c9-6(4-10)5-2-1-3-7(11)8(5)12/h1-3,6,10-12H,4,9H2/t6-/m0/s1. The third-order valence-electron chi connectivity index (χ3n) is 1.64. The summed E-state index contributed by atoms with van der Waals surface area (Å²) in [5, 5.41) is 27.0. The molecule has 0 aliphatic rings. The van der Waals surface area contributed by atoms with Crippen molar-refractivity contribution < 1.29 is 15.3 Å². The normalized spacial score (nSPS) is 12.8. The SMILES string of the molecule is N[C@@H](CO)c1cccc(O)c1O. The molecule has 0 aromatic heterocycles. The minimum atomic E-state index is -0.655. The van der Waals surface area contributed by atoms with Gasteiger partial charge in [0.2, 0.25) is 0 Å². The molecule has 0 radical (unpaired) electrons. The maximum Gasteiger partial charge on any atom is 0.162 e. The molecule has 0 amide bonds. The summed E-state index contributed by atoms with van der Waals surface area (Å²) in [4.78, 5) is 0. The van der Waals surface area contributed by atoms with Gasteiger partial charge in [-0.05, 0) is 6.07 Å². The molecule has 0 bridgehead atoms. The molecule has 0 aliphatic carbocycles. The number of nitrogens with two attached hydrogens (primary N) is 1. The largest absolute Gasteiger partial charge is 0.504 e. The van der Waals surface area contributed by atoms with Crippen molar-refractivity contribution in [3.63, 3.8) is 0 Å². The second-order valence-corrected chi connectivity index (χ2v) is 2.50. The molecule has 0 heterocycles. The summed E-state index contributed by atoms with van der Waals surface area (Å²) in [5.41, 5.74) is 5.79. The molecule has 1 atom stereocenters. The van der Waals surface area contributed by atoms with Crippen molar-refractivity contribution in [1.82, 2.24) is 0 Å². The van der Waals surface area contributed by atoms with Crippen LogP contribution >= 0.6 is 0 Å². The van der Waals surface area contributed by atoms with E-state index in [1.54, 1.807) is 12.1 Å². The lowest BCUT2D eigenvalue weighted by molar-refractivity contribution is 0.264. The van der Waals surface area contributed by atoms with Crippen LogP contribution in [0.4, 0.5) is 0 Å². The molecule has 0 saturated carbocycles. The number of aromatic hydroxyl groups is 2. The van der Waals surface area contributed by atoms with E-state index in [1.165, 1.54) is 6.07 Å². The summed E-state index contributed by atoms with van der Waals surface area (Å²) in [6, 6.07) is 3.80. The molecule has 0 fully saturated rings. The Kier molecular flexibility index (Phi) is 2.52. The lowest BCUT2D eigenvalue weighted by Crippen LogP contribution is -2.14. The number of benzene rings is 1. The molecule has 1 rings (SSSR count). The maximum absolute atomic E-state index is 9.26. The van der Waals surface area contributed by atoms with Gasteiger partial charge in [0.25, 0.3) is 0 Å². The third-order valence-corrected chi connectivity index (χ3v) is 1.64. The van der Waals surface area contributed by atoms with E-state index >= 15 is 0 Å². The van der Waals surface area contributed by atoms with Gasteiger partial charge in [0.1, 0.15) is 0 Å². The Morgan fingerprint density at radius 2 is 2.00 bits per heavy atom. The molecule has 4 nitrogen and oxygen atoms in total. The summed E-state index contributed by atoms with van der Waals surface area (Å²) in [6.07, 6.45) is 0. The van der Waals surface area contributed by atoms with E-state index in [2.05, 4.69) is 0 Å². The number of hydrogen-bond donors (Lipinski definition) is 4. The number of phenols is 2. The Balaban J connectivity index is 3.07. The van der Waals surface area contributed by atoms with Crippen LogP contribution in [0.3, 0.4) is 0 Å². The topological polar surface area (TPSA) is 86.7 Å². The van der Waals surface area contributed by atoms with Crippen molar-refractivity contribution in [1.29, 1.82) is 0 Å². The van der Waals surface area contributed by atoms with Gasteiger partial charge in [-0.2, -0.15) is 0 Å². The van der Waals surface area contributed by atoms with Crippen LogP contribution < -0.4 is 5.73 Å². The maximum atomic E-state index is 9.26. The van der Waals surface area contributed by atoms with Crippen LogP contribution in [0.15, 0.2) is 18.2 Å². The first-order chi connectivity index (χ1) is 5.66.